The molecule has 0 radical (unpaired) electrons. The van der Waals surface area contributed by atoms with Crippen LogP contribution in [0.2, 0.25) is 0 Å². The number of alkyl halides is 11. The topological polar surface area (TPSA) is 249 Å². The molecular formula is C32H39ClF10N10O10S2. The number of nitrogens with one attached hydrogen (secondary N) is 4. The Kier molecular flexibility index (Phi) is 27.0. The van der Waals surface area contributed by atoms with Crippen molar-refractivity contribution in [1.82, 2.24) is 40.9 Å². The molecule has 4 aromatic rings. The molecule has 4 rings (SSSR count). The van der Waals surface area contributed by atoms with Gasteiger partial charge < -0.3 is 18.9 Å². The third kappa shape index (κ3) is 22.5. The molecule has 2 heterocycles. The Morgan fingerprint density at radius 3 is 1.34 bits per heavy atom. The molecule has 65 heavy (non-hydrogen) atoms. The summed E-state index contributed by atoms with van der Waals surface area (Å²) in [6.07, 6.45) is -13.2. The molecule has 0 saturated carbocycles. The molecule has 0 aliphatic heterocycles. The van der Waals surface area contributed by atoms with Crippen molar-refractivity contribution < 1.29 is 89.4 Å². The molecule has 33 heteroatoms. The highest BCUT2D eigenvalue weighted by molar-refractivity contribution is 7.80. The van der Waals surface area contributed by atoms with Crippen LogP contribution in [0, 0.1) is 0 Å². The van der Waals surface area contributed by atoms with E-state index in [2.05, 4.69) is 57.4 Å². The highest BCUT2D eigenvalue weighted by Gasteiger charge is 2.35. The number of carbonyl (C=O) groups is 2. The van der Waals surface area contributed by atoms with Gasteiger partial charge in [-0.3, -0.25) is 10.6 Å². The number of halogens is 11. The smallest absolute Gasteiger partial charge is 0.467 e. The molecule has 0 spiro atoms. The maximum absolute atomic E-state index is 13.2. The van der Waals surface area contributed by atoms with Crippen molar-refractivity contribution in [3.8, 4) is 23.5 Å². The van der Waals surface area contributed by atoms with E-state index in [1.165, 1.54) is 24.3 Å². The van der Waals surface area contributed by atoms with Gasteiger partial charge in [-0.1, -0.05) is 66.8 Å². The highest BCUT2D eigenvalue weighted by atomic mass is 35.5. The fourth-order valence-corrected chi connectivity index (χ4v) is 4.83. The number of anilines is 2. The third-order valence-corrected chi connectivity index (χ3v) is 7.47. The predicted molar refractivity (Wildman–Crippen MR) is 209 cm³/mol. The minimum Gasteiger partial charge on any atom is -0.467 e. The quantitative estimate of drug-likeness (QED) is 0.0524. The van der Waals surface area contributed by atoms with Gasteiger partial charge in [0.05, 0.1) is 14.2 Å². The van der Waals surface area contributed by atoms with Crippen LogP contribution in [0.4, 0.5) is 65.4 Å². The van der Waals surface area contributed by atoms with Gasteiger partial charge in [-0.25, -0.2) is 37.7 Å². The third-order valence-electron chi connectivity index (χ3n) is 5.44. The van der Waals surface area contributed by atoms with Crippen molar-refractivity contribution in [2.75, 3.05) is 24.9 Å². The molecule has 0 fully saturated rings. The molecule has 2 aromatic heterocycles. The molecular weight excluding hydrogens is 974 g/mol. The van der Waals surface area contributed by atoms with Gasteiger partial charge in [-0.15, -0.1) is 26.3 Å². The van der Waals surface area contributed by atoms with Crippen LogP contribution in [0.1, 0.15) is 60.6 Å². The summed E-state index contributed by atoms with van der Waals surface area (Å²) in [6.45, 7) is 8.00. The minimum atomic E-state index is -5.06. The lowest BCUT2D eigenvalue weighted by atomic mass is 10.3. The van der Waals surface area contributed by atoms with Gasteiger partial charge in [-0.2, -0.15) is 47.3 Å². The summed E-state index contributed by atoms with van der Waals surface area (Å²) in [7, 11) is 2.13. The van der Waals surface area contributed by atoms with Gasteiger partial charge in [0, 0.05) is 0 Å². The zero-order chi connectivity index (χ0) is 48.1. The Labute approximate surface area is 372 Å². The number of benzene rings is 2. The maximum Gasteiger partial charge on any atom is 0.573 e. The second kappa shape index (κ2) is 28.7. The van der Waals surface area contributed by atoms with Crippen LogP contribution in [0.15, 0.2) is 58.3 Å². The fourth-order valence-electron chi connectivity index (χ4n) is 3.34. The van der Waals surface area contributed by atoms with Gasteiger partial charge in [0.2, 0.25) is 45.7 Å². The van der Waals surface area contributed by atoms with E-state index >= 15 is 0 Å². The van der Waals surface area contributed by atoms with Gasteiger partial charge in [-0.05, 0) is 35.9 Å². The van der Waals surface area contributed by atoms with Crippen molar-refractivity contribution in [3.63, 3.8) is 0 Å². The Hall–Kier alpha value is -5.99. The number of amides is 4. The van der Waals surface area contributed by atoms with E-state index in [-0.39, 0.29) is 14.9 Å². The molecule has 2 unspecified atom stereocenters. The number of urea groups is 2. The fraction of sp³-hybridized carbons (Fsp3) is 0.375. The van der Waals surface area contributed by atoms with E-state index in [9.17, 15) is 61.9 Å². The van der Waals surface area contributed by atoms with E-state index in [1.807, 2.05) is 38.3 Å². The average Bonchev–Trinajstić information content (AvgIpc) is 3.22. The molecule has 2 atom stereocenters. The van der Waals surface area contributed by atoms with Crippen LogP contribution in [0.25, 0.3) is 0 Å². The molecule has 366 valence electrons. The van der Waals surface area contributed by atoms with E-state index in [1.54, 1.807) is 11.0 Å². The molecule has 0 aliphatic carbocycles. The largest absolute Gasteiger partial charge is 0.573 e. The van der Waals surface area contributed by atoms with Crippen LogP contribution in [0.5, 0.6) is 23.5 Å². The molecule has 4 amide bonds. The Bertz CT molecular complexity index is 2150. The number of carbonyl (C=O) groups excluding carboxylic acids is 2. The molecule has 20 nitrogen and oxygen atoms in total. The average molecular weight is 1010 g/mol. The zero-order valence-electron chi connectivity index (χ0n) is 32.4. The van der Waals surface area contributed by atoms with Crippen LogP contribution >= 0.6 is 11.6 Å². The first-order chi connectivity index (χ1) is 29.5. The van der Waals surface area contributed by atoms with Crippen LogP contribution in [-0.2, 0) is 36.1 Å². The predicted octanol–water partition coefficient (Wildman–Crippen LogP) is 8.66. The lowest BCUT2D eigenvalue weighted by Crippen LogP contribution is -2.31. The zero-order valence-corrected chi connectivity index (χ0v) is 34.8. The van der Waals surface area contributed by atoms with Crippen molar-refractivity contribution in [3.05, 3.63) is 60.2 Å². The Balaban J connectivity index is 0. The van der Waals surface area contributed by atoms with Crippen LogP contribution < -0.4 is 40.5 Å². The number of rotatable bonds is 14. The molecule has 4 N–H and O–H groups in total. The molecule has 0 saturated heterocycles. The van der Waals surface area contributed by atoms with E-state index in [0.29, 0.717) is 0 Å². The number of hydrogen-bond acceptors (Lipinski definition) is 16. The van der Waals surface area contributed by atoms with E-state index < -0.39 is 116 Å². The Morgan fingerprint density at radius 1 is 0.615 bits per heavy atom. The number of hydroxylamine groups is 2. The molecule has 2 aromatic carbocycles. The minimum absolute atomic E-state index is 0. The maximum atomic E-state index is 13.2. The van der Waals surface area contributed by atoms with Crippen LogP contribution in [-0.4, -0.2) is 77.3 Å². The molecule has 0 aliphatic rings. The second-order valence-electron chi connectivity index (χ2n) is 9.51. The Morgan fingerprint density at radius 2 is 0.985 bits per heavy atom. The number of para-hydroxylation sites is 2. The lowest BCUT2D eigenvalue weighted by Gasteiger charge is -2.13. The number of aromatic nitrogens is 6. The van der Waals surface area contributed by atoms with Gasteiger partial charge in [0.1, 0.15) is 21.3 Å². The second-order valence-corrected chi connectivity index (χ2v) is 12.1. The van der Waals surface area contributed by atoms with Crippen molar-refractivity contribution >= 4 is 57.7 Å². The standard InChI is InChI=1S/C13H9ClF5N5O5S.C13H10F5N5O5S.2C2H6.2CH4/c1-27-11-21-8(12(14,15)16)20-9(23-11)22-10(25)24-29-30(26)7-5-3-2-4-6(7)28-13(17,18)19;1-26-12-20-9(8(14)15)19-10(22-12)21-11(24)23-28-29(25)7-5-3-2-4-6(7)27-13(16,17)18;2*1-2;;/h2-5H,1H3,(H2,20,21,22,23,24,25);2-5,8H,1H3,(H2,19,20,21,22,23,24);2*1-2H3;2*1H4. The number of ether oxygens (including phenoxy) is 4. The summed E-state index contributed by atoms with van der Waals surface area (Å²) in [5.41, 5.74) is 3.16. The normalized spacial score (nSPS) is 11.6. The van der Waals surface area contributed by atoms with Crippen molar-refractivity contribution in [2.45, 2.75) is 76.9 Å². The van der Waals surface area contributed by atoms with Crippen LogP contribution in [0.3, 0.4) is 0 Å². The van der Waals surface area contributed by atoms with Crippen molar-refractivity contribution in [1.29, 1.82) is 0 Å². The molecule has 0 bridgehead atoms. The number of methoxy groups -OCH3 is 2. The summed E-state index contributed by atoms with van der Waals surface area (Å²) in [6, 6.07) is 4.88. The summed E-state index contributed by atoms with van der Waals surface area (Å²) in [5, 5.41) is -0.301. The highest BCUT2D eigenvalue weighted by Crippen LogP contribution is 2.32. The first kappa shape index (κ1) is 61.1. The van der Waals surface area contributed by atoms with Gasteiger partial charge >= 0.3 is 42.2 Å². The monoisotopic (exact) mass is 1010 g/mol. The number of hydrogen-bond donors (Lipinski definition) is 4. The van der Waals surface area contributed by atoms with E-state index in [4.69, 9.17) is 11.6 Å². The summed E-state index contributed by atoms with van der Waals surface area (Å²) >= 11 is -0.469. The lowest BCUT2D eigenvalue weighted by molar-refractivity contribution is -0.276. The van der Waals surface area contributed by atoms with E-state index in [0.717, 1.165) is 38.5 Å². The van der Waals surface area contributed by atoms with Gasteiger partial charge in [0.25, 0.3) is 6.43 Å². The van der Waals surface area contributed by atoms with Crippen molar-refractivity contribution in [2.24, 2.45) is 0 Å². The first-order valence-corrected chi connectivity index (χ1v) is 19.0. The summed E-state index contributed by atoms with van der Waals surface area (Å²) < 4.78 is 175. The summed E-state index contributed by atoms with van der Waals surface area (Å²) in [4.78, 5) is 42.3. The summed E-state index contributed by atoms with van der Waals surface area (Å²) in [5.74, 6) is -5.28. The number of nitrogens with zero attached hydrogens (tertiary/aromatic N) is 6. The SMILES string of the molecule is C.C.CC.CC.COc1nc(NC(=O)NOS(=O)c2ccccc2OC(F)(F)F)nc(C(F)(F)Cl)n1.COc1nc(NC(=O)NOS(=O)c2ccccc2OC(F)(F)F)nc(C(F)F)n1. The van der Waals surface area contributed by atoms with Gasteiger partial charge in [0.15, 0.2) is 0 Å². The first-order valence-electron chi connectivity index (χ1n) is 16.4.